The summed E-state index contributed by atoms with van der Waals surface area (Å²) in [4.78, 5) is 26.7. The van der Waals surface area contributed by atoms with Crippen molar-refractivity contribution in [2.45, 2.75) is 56.4 Å². The first-order valence-electron chi connectivity index (χ1n) is 13.5. The summed E-state index contributed by atoms with van der Waals surface area (Å²) in [6.45, 7) is 13.5. The van der Waals surface area contributed by atoms with Gasteiger partial charge in [-0.15, -0.1) is 23.2 Å². The molecule has 284 valence electrons. The van der Waals surface area contributed by atoms with E-state index in [9.17, 15) is 14.2 Å². The zero-order valence-electron chi connectivity index (χ0n) is 26.7. The van der Waals surface area contributed by atoms with Crippen molar-refractivity contribution in [3.8, 4) is 0 Å². The van der Waals surface area contributed by atoms with E-state index in [0.29, 0.717) is 24.7 Å². The third kappa shape index (κ3) is 21.7. The zero-order chi connectivity index (χ0) is 35.9. The molecule has 12 nitrogen and oxygen atoms in total. The van der Waals surface area contributed by atoms with Crippen molar-refractivity contribution in [3.63, 3.8) is 0 Å². The van der Waals surface area contributed by atoms with Crippen molar-refractivity contribution in [1.82, 2.24) is 18.5 Å². The van der Waals surface area contributed by atoms with Crippen LogP contribution in [0.5, 0.6) is 0 Å². The number of amides is 2. The van der Waals surface area contributed by atoms with E-state index in [1.165, 1.54) is 16.8 Å². The lowest BCUT2D eigenvalue weighted by molar-refractivity contribution is 0.0803. The molecule has 2 rings (SSSR count). The van der Waals surface area contributed by atoms with Crippen LogP contribution in [0, 0.1) is 0 Å². The maximum atomic E-state index is 12.3. The van der Waals surface area contributed by atoms with Crippen molar-refractivity contribution >= 4 is 121 Å². The highest BCUT2D eigenvalue weighted by atomic mass is 35.5. The molecule has 0 aliphatic heterocycles. The Kier molecular flexibility index (Phi) is 36.9. The Morgan fingerprint density at radius 3 is 1.29 bits per heavy atom. The Balaban J connectivity index is -0.000000301. The molecule has 0 atom stereocenters. The number of carbonyl (C=O) groups is 2. The first-order chi connectivity index (χ1) is 21.7. The van der Waals surface area contributed by atoms with E-state index in [-0.39, 0.29) is 71.5 Å². The van der Waals surface area contributed by atoms with E-state index in [2.05, 4.69) is 8.75 Å². The lowest BCUT2D eigenvalue weighted by Gasteiger charge is -2.23. The summed E-state index contributed by atoms with van der Waals surface area (Å²) in [7, 11) is -1.35. The van der Waals surface area contributed by atoms with Gasteiger partial charge in [-0.1, -0.05) is 68.2 Å². The highest BCUT2D eigenvalue weighted by Gasteiger charge is 2.30. The molecule has 2 aromatic heterocycles. The second kappa shape index (κ2) is 32.1. The fourth-order valence-corrected chi connectivity index (χ4v) is 7.50. The number of carbonyl (C=O) groups excluding carboxylic acids is 2. The predicted molar refractivity (Wildman–Crippen MR) is 207 cm³/mol. The number of alkyl halides is 2. The molecule has 48 heavy (non-hydrogen) atoms. The molecule has 2 heterocycles. The maximum Gasteiger partial charge on any atom is 0.349 e. The summed E-state index contributed by atoms with van der Waals surface area (Å²) >= 11 is 35.2. The van der Waals surface area contributed by atoms with E-state index >= 15 is 0 Å². The number of hydrogen-bond donors (Lipinski definition) is 0. The van der Waals surface area contributed by atoms with Crippen molar-refractivity contribution < 1.29 is 36.8 Å². The summed E-state index contributed by atoms with van der Waals surface area (Å²) in [5.74, 6) is 0.0171. The summed E-state index contributed by atoms with van der Waals surface area (Å²) in [6, 6.07) is 0.102. The highest BCUT2D eigenvalue weighted by molar-refractivity contribution is 7.53. The van der Waals surface area contributed by atoms with Crippen LogP contribution < -0.4 is 0 Å². The number of aromatic nitrogens is 2. The summed E-state index contributed by atoms with van der Waals surface area (Å²) < 4.78 is 45.6. The average molecular weight is 883 g/mol. The topological polar surface area (TPSA) is 130 Å². The highest BCUT2D eigenvalue weighted by Crippen LogP contribution is 2.48. The fraction of sp³-hybridized carbons (Fsp3) is 0.692. The Morgan fingerprint density at radius 2 is 1.04 bits per heavy atom. The Labute approximate surface area is 325 Å². The van der Waals surface area contributed by atoms with Gasteiger partial charge in [0.25, 0.3) is 11.8 Å². The molecule has 0 saturated heterocycles. The lowest BCUT2D eigenvalue weighted by atomic mass is 10.4. The Hall–Kier alpha value is 0.400. The van der Waals surface area contributed by atoms with Gasteiger partial charge in [0.2, 0.25) is 0 Å². The van der Waals surface area contributed by atoms with Crippen LogP contribution in [0.4, 0.5) is 0 Å². The molecular weight excluding hydrogens is 835 g/mol. The molecule has 0 aliphatic carbocycles. The molecule has 0 unspecified atom stereocenters. The largest absolute Gasteiger partial charge is 0.349 e. The molecule has 0 aromatic carbocycles. The van der Waals surface area contributed by atoms with Gasteiger partial charge in [0.1, 0.15) is 26.1 Å². The first kappa shape index (κ1) is 55.2. The van der Waals surface area contributed by atoms with Crippen LogP contribution in [0.25, 0.3) is 0 Å². The number of nitrogens with zero attached hydrogens (tertiary/aromatic N) is 4. The first-order valence-corrected chi connectivity index (χ1v) is 20.4. The minimum Gasteiger partial charge on any atom is -0.329 e. The van der Waals surface area contributed by atoms with Crippen LogP contribution >= 0.6 is 109 Å². The quantitative estimate of drug-likeness (QED) is 0.0968. The third-order valence-electron chi connectivity index (χ3n) is 4.20. The van der Waals surface area contributed by atoms with E-state index in [0.717, 1.165) is 28.9 Å². The molecular formula is C26H48Cl6N4O8P2S2. The number of halogens is 6. The van der Waals surface area contributed by atoms with Crippen LogP contribution in [0.1, 0.15) is 75.7 Å². The molecule has 22 heteroatoms. The van der Waals surface area contributed by atoms with E-state index in [1.807, 2.05) is 27.7 Å². The van der Waals surface area contributed by atoms with Gasteiger partial charge in [-0.25, -0.2) is 0 Å². The minimum atomic E-state index is -3.34. The van der Waals surface area contributed by atoms with Crippen molar-refractivity contribution in [2.75, 3.05) is 65.3 Å². The molecule has 0 fully saturated rings. The van der Waals surface area contributed by atoms with Crippen LogP contribution in [0.15, 0.2) is 0 Å². The molecule has 0 spiro atoms. The van der Waals surface area contributed by atoms with Gasteiger partial charge < -0.3 is 32.4 Å². The van der Waals surface area contributed by atoms with Gasteiger partial charge in [0.05, 0.1) is 39.0 Å². The summed E-state index contributed by atoms with van der Waals surface area (Å²) in [6.07, 6.45) is -0.167. The minimum absolute atomic E-state index is 0. The second-order valence-corrected chi connectivity index (χ2v) is 14.7. The monoisotopic (exact) mass is 880 g/mol. The normalized spacial score (nSPS) is 10.2. The van der Waals surface area contributed by atoms with Crippen LogP contribution in [0.2, 0.25) is 20.4 Å². The molecule has 2 amide bonds. The molecule has 0 bridgehead atoms. The smallest absolute Gasteiger partial charge is 0.329 e. The summed E-state index contributed by atoms with van der Waals surface area (Å²) in [5, 5.41) is 0.508. The van der Waals surface area contributed by atoms with Gasteiger partial charge in [-0.05, 0) is 57.7 Å². The van der Waals surface area contributed by atoms with Crippen molar-refractivity contribution in [3.05, 3.63) is 30.1 Å². The molecule has 0 radical (unpaired) electrons. The third-order valence-corrected chi connectivity index (χ3v) is 11.6. The molecule has 0 N–H and O–H groups in total. The fourth-order valence-electron chi connectivity index (χ4n) is 2.45. The SMILES string of the molecule is C.C.CCCl.CCOP(=O)(CN(C)C(=O)c1snc(Cl)c1Cl)OCC.CCOP(OCC)OCC.CN(CCl)C(=O)c1snc(Cl)c1Cl. The number of rotatable bonds is 15. The predicted octanol–water partition coefficient (Wildman–Crippen LogP) is 11.3. The number of hydrogen-bond acceptors (Lipinski definition) is 12. The van der Waals surface area contributed by atoms with Gasteiger partial charge in [0.15, 0.2) is 10.3 Å². The van der Waals surface area contributed by atoms with Gasteiger partial charge >= 0.3 is 16.2 Å². The van der Waals surface area contributed by atoms with Gasteiger partial charge in [0, 0.05) is 20.0 Å². The van der Waals surface area contributed by atoms with Crippen molar-refractivity contribution in [2.24, 2.45) is 0 Å². The average Bonchev–Trinajstić information content (AvgIpc) is 3.52. The summed E-state index contributed by atoms with van der Waals surface area (Å²) in [5.41, 5.74) is 0. The second-order valence-electron chi connectivity index (χ2n) is 7.69. The standard InChI is InChI=1S/C10H15Cl2N2O4PS.C6H5Cl3N2OS.C6H15O3P.C2H5Cl.2CH4/c1-4-17-19(16,18-5-2)6-14(3)10(15)8-7(11)9(12)13-20-8;1-11(2-7)6(12)4-3(8)5(9)10-13-4;1-4-7-10(8-5-2)9-6-3;1-2-3;;/h4-6H2,1-3H3;2H2,1H3;4-6H2,1-3H3;2H2,1H3;2*1H4. The van der Waals surface area contributed by atoms with Crippen LogP contribution in [0.3, 0.4) is 0 Å². The zero-order valence-corrected chi connectivity index (χ0v) is 34.6. The van der Waals surface area contributed by atoms with Gasteiger partial charge in [-0.2, -0.15) is 8.75 Å². The lowest BCUT2D eigenvalue weighted by Crippen LogP contribution is -2.28. The van der Waals surface area contributed by atoms with Gasteiger partial charge in [-0.3, -0.25) is 14.2 Å². The molecule has 2 aromatic rings. The maximum absolute atomic E-state index is 12.3. The van der Waals surface area contributed by atoms with E-state index in [1.54, 1.807) is 20.9 Å². The van der Waals surface area contributed by atoms with Crippen molar-refractivity contribution in [1.29, 1.82) is 0 Å². The molecule has 0 aliphatic rings. The molecule has 0 saturated carbocycles. The van der Waals surface area contributed by atoms with E-state index < -0.39 is 22.1 Å². The van der Waals surface area contributed by atoms with Crippen LogP contribution in [-0.2, 0) is 27.2 Å². The Bertz CT molecular complexity index is 1170. The van der Waals surface area contributed by atoms with E-state index in [4.69, 9.17) is 92.2 Å². The van der Waals surface area contributed by atoms with Crippen LogP contribution in [-0.4, -0.2) is 95.7 Å². The Morgan fingerprint density at radius 1 is 0.708 bits per heavy atom.